The minimum atomic E-state index is 0.0409. The highest BCUT2D eigenvalue weighted by atomic mass is 32.1. The van der Waals surface area contributed by atoms with Crippen molar-refractivity contribution >= 4 is 33.1 Å². The summed E-state index contributed by atoms with van der Waals surface area (Å²) in [5.74, 6) is 0.0409. The molecule has 4 rings (SSSR count). The first kappa shape index (κ1) is 16.2. The maximum Gasteiger partial charge on any atom is 0.238 e. The summed E-state index contributed by atoms with van der Waals surface area (Å²) in [5, 5.41) is 4.12. The maximum absolute atomic E-state index is 12.5. The molecule has 128 valence electrons. The van der Waals surface area contributed by atoms with Crippen molar-refractivity contribution in [3.05, 3.63) is 59.6 Å². The lowest BCUT2D eigenvalue weighted by molar-refractivity contribution is -0.118. The number of hydrogen-bond donors (Lipinski definition) is 1. The number of carbonyl (C=O) groups is 1. The number of nitrogens with one attached hydrogen (secondary N) is 1. The van der Waals surface area contributed by atoms with Gasteiger partial charge in [0.05, 0.1) is 22.8 Å². The molecule has 2 aromatic carbocycles. The van der Waals surface area contributed by atoms with Crippen LogP contribution in [0.5, 0.6) is 0 Å². The van der Waals surface area contributed by atoms with Crippen LogP contribution in [-0.4, -0.2) is 28.9 Å². The largest absolute Gasteiger partial charge is 0.325 e. The van der Waals surface area contributed by atoms with E-state index in [1.165, 1.54) is 11.1 Å². The predicted octanol–water partition coefficient (Wildman–Crippen LogP) is 4.46. The number of aromatic nitrogens is 1. The van der Waals surface area contributed by atoms with Crippen molar-refractivity contribution in [3.8, 4) is 0 Å². The van der Waals surface area contributed by atoms with E-state index in [1.807, 2.05) is 36.4 Å². The molecule has 1 amide bonds. The number of anilines is 1. The molecule has 0 radical (unpaired) electrons. The van der Waals surface area contributed by atoms with Crippen LogP contribution < -0.4 is 5.32 Å². The van der Waals surface area contributed by atoms with Crippen LogP contribution in [0.3, 0.4) is 0 Å². The van der Waals surface area contributed by atoms with E-state index in [4.69, 9.17) is 4.98 Å². The van der Waals surface area contributed by atoms with Crippen molar-refractivity contribution in [3.63, 3.8) is 0 Å². The Kier molecular flexibility index (Phi) is 4.76. The van der Waals surface area contributed by atoms with Gasteiger partial charge in [-0.05, 0) is 43.7 Å². The van der Waals surface area contributed by atoms with Gasteiger partial charge in [-0.1, -0.05) is 36.8 Å². The molecule has 1 N–H and O–H groups in total. The van der Waals surface area contributed by atoms with Gasteiger partial charge in [-0.15, -0.1) is 11.3 Å². The first-order chi connectivity index (χ1) is 12.3. The lowest BCUT2D eigenvalue weighted by atomic mass is 10.0. The molecule has 0 saturated carbocycles. The smallest absolute Gasteiger partial charge is 0.238 e. The van der Waals surface area contributed by atoms with Crippen molar-refractivity contribution in [2.75, 3.05) is 18.4 Å². The zero-order valence-corrected chi connectivity index (χ0v) is 14.8. The fourth-order valence-electron chi connectivity index (χ4n) is 3.40. The van der Waals surface area contributed by atoms with Crippen LogP contribution in [-0.2, 0) is 4.79 Å². The zero-order chi connectivity index (χ0) is 17.1. The van der Waals surface area contributed by atoms with Gasteiger partial charge in [0.25, 0.3) is 0 Å². The molecule has 25 heavy (non-hydrogen) atoms. The maximum atomic E-state index is 12.5. The summed E-state index contributed by atoms with van der Waals surface area (Å²) < 4.78 is 1.22. The Morgan fingerprint density at radius 2 is 1.92 bits per heavy atom. The minimum absolute atomic E-state index is 0.0409. The highest BCUT2D eigenvalue weighted by molar-refractivity contribution is 7.18. The van der Waals surface area contributed by atoms with Gasteiger partial charge in [0.1, 0.15) is 5.01 Å². The van der Waals surface area contributed by atoms with Gasteiger partial charge in [-0.3, -0.25) is 9.69 Å². The minimum Gasteiger partial charge on any atom is -0.325 e. The van der Waals surface area contributed by atoms with Crippen molar-refractivity contribution in [2.45, 2.75) is 25.3 Å². The van der Waals surface area contributed by atoms with Crippen LogP contribution in [0.25, 0.3) is 10.2 Å². The molecule has 2 heterocycles. The van der Waals surface area contributed by atoms with E-state index < -0.39 is 0 Å². The first-order valence-electron chi connectivity index (χ1n) is 8.74. The summed E-state index contributed by atoms with van der Waals surface area (Å²) in [7, 11) is 0. The second kappa shape index (κ2) is 7.33. The Labute approximate surface area is 151 Å². The van der Waals surface area contributed by atoms with Crippen LogP contribution in [0.4, 0.5) is 5.69 Å². The number of amides is 1. The average molecular weight is 351 g/mol. The fraction of sp³-hybridized carbons (Fsp3) is 0.300. The topological polar surface area (TPSA) is 45.2 Å². The number of benzene rings is 2. The lowest BCUT2D eigenvalue weighted by Crippen LogP contribution is -2.39. The van der Waals surface area contributed by atoms with Crippen LogP contribution in [0.1, 0.15) is 30.3 Å². The Morgan fingerprint density at radius 3 is 2.76 bits per heavy atom. The average Bonchev–Trinajstić information content (AvgIpc) is 3.07. The van der Waals surface area contributed by atoms with Gasteiger partial charge in [0, 0.05) is 5.69 Å². The highest BCUT2D eigenvalue weighted by Crippen LogP contribution is 2.35. The second-order valence-electron chi connectivity index (χ2n) is 6.42. The number of carbonyl (C=O) groups excluding carboxylic acids is 1. The van der Waals surface area contributed by atoms with E-state index in [1.54, 1.807) is 11.3 Å². The van der Waals surface area contributed by atoms with Crippen LogP contribution >= 0.6 is 11.3 Å². The molecule has 1 atom stereocenters. The van der Waals surface area contributed by atoms with Crippen molar-refractivity contribution in [1.82, 2.24) is 9.88 Å². The number of fused-ring (bicyclic) bond motifs is 1. The molecule has 3 aromatic rings. The monoisotopic (exact) mass is 351 g/mol. The molecule has 1 aliphatic rings. The number of nitrogens with zero attached hydrogens (tertiary/aromatic N) is 2. The SMILES string of the molecule is O=C(CN1CCCC[C@H]1c1nc2ccccc2s1)Nc1ccccc1. The van der Waals surface area contributed by atoms with E-state index >= 15 is 0 Å². The molecule has 0 aliphatic carbocycles. The Balaban J connectivity index is 1.49. The standard InChI is InChI=1S/C20H21N3OS/c24-19(21-15-8-2-1-3-9-15)14-23-13-7-6-11-17(23)20-22-16-10-4-5-12-18(16)25-20/h1-5,8-10,12,17H,6-7,11,13-14H2,(H,21,24)/t17-/m0/s1. The molecular formula is C20H21N3OS. The summed E-state index contributed by atoms with van der Waals surface area (Å²) in [6.07, 6.45) is 3.40. The normalized spacial score (nSPS) is 18.3. The van der Waals surface area contributed by atoms with Gasteiger partial charge in [-0.25, -0.2) is 4.98 Å². The van der Waals surface area contributed by atoms with Gasteiger partial charge < -0.3 is 5.32 Å². The van der Waals surface area contributed by atoms with Gasteiger partial charge in [0.2, 0.25) is 5.91 Å². The van der Waals surface area contributed by atoms with Crippen molar-refractivity contribution < 1.29 is 4.79 Å². The van der Waals surface area contributed by atoms with E-state index in [2.05, 4.69) is 28.4 Å². The van der Waals surface area contributed by atoms with Gasteiger partial charge >= 0.3 is 0 Å². The third-order valence-electron chi connectivity index (χ3n) is 4.61. The third-order valence-corrected chi connectivity index (χ3v) is 5.75. The molecule has 0 spiro atoms. The molecule has 0 bridgehead atoms. The van der Waals surface area contributed by atoms with Crippen LogP contribution in [0.15, 0.2) is 54.6 Å². The molecule has 5 heteroatoms. The van der Waals surface area contributed by atoms with E-state index in [-0.39, 0.29) is 11.9 Å². The fourth-order valence-corrected chi connectivity index (χ4v) is 4.54. The summed E-state index contributed by atoms with van der Waals surface area (Å²) in [6, 6.07) is 18.1. The lowest BCUT2D eigenvalue weighted by Gasteiger charge is -2.33. The summed E-state index contributed by atoms with van der Waals surface area (Å²) >= 11 is 1.75. The van der Waals surface area contributed by atoms with E-state index in [0.29, 0.717) is 6.54 Å². The molecule has 1 aliphatic heterocycles. The van der Waals surface area contributed by atoms with Crippen molar-refractivity contribution in [2.24, 2.45) is 0 Å². The van der Waals surface area contributed by atoms with E-state index in [9.17, 15) is 4.79 Å². The van der Waals surface area contributed by atoms with Crippen LogP contribution in [0.2, 0.25) is 0 Å². The molecule has 4 nitrogen and oxygen atoms in total. The summed E-state index contributed by atoms with van der Waals surface area (Å²) in [5.41, 5.74) is 1.91. The Morgan fingerprint density at radius 1 is 1.12 bits per heavy atom. The first-order valence-corrected chi connectivity index (χ1v) is 9.56. The molecule has 1 aromatic heterocycles. The summed E-state index contributed by atoms with van der Waals surface area (Å²) in [4.78, 5) is 19.6. The number of hydrogen-bond acceptors (Lipinski definition) is 4. The second-order valence-corrected chi connectivity index (χ2v) is 7.48. The van der Waals surface area contributed by atoms with Gasteiger partial charge in [-0.2, -0.15) is 0 Å². The summed E-state index contributed by atoms with van der Waals surface area (Å²) in [6.45, 7) is 1.36. The van der Waals surface area contributed by atoms with Crippen molar-refractivity contribution in [1.29, 1.82) is 0 Å². The predicted molar refractivity (Wildman–Crippen MR) is 103 cm³/mol. The molecule has 0 unspecified atom stereocenters. The quantitative estimate of drug-likeness (QED) is 0.755. The molecule has 1 saturated heterocycles. The molecule has 1 fully saturated rings. The van der Waals surface area contributed by atoms with Gasteiger partial charge in [0.15, 0.2) is 0 Å². The Bertz CT molecular complexity index is 829. The molecular weight excluding hydrogens is 330 g/mol. The number of rotatable bonds is 4. The highest BCUT2D eigenvalue weighted by Gasteiger charge is 2.28. The third kappa shape index (κ3) is 3.72. The van der Waals surface area contributed by atoms with E-state index in [0.717, 1.165) is 35.6 Å². The number of thiazole rings is 1. The van der Waals surface area contributed by atoms with Crippen LogP contribution in [0, 0.1) is 0 Å². The zero-order valence-electron chi connectivity index (χ0n) is 14.0. The Hall–Kier alpha value is -2.24. The number of piperidine rings is 1. The number of para-hydroxylation sites is 2. The number of likely N-dealkylation sites (tertiary alicyclic amines) is 1.